The number of carbonyl (C=O) groups is 1. The van der Waals surface area contributed by atoms with Crippen LogP contribution in [0.2, 0.25) is 0 Å². The van der Waals surface area contributed by atoms with Crippen LogP contribution in [0.25, 0.3) is 0 Å². The summed E-state index contributed by atoms with van der Waals surface area (Å²) in [7, 11) is 0. The molecule has 0 saturated carbocycles. The molecule has 3 heteroatoms. The first-order valence-corrected chi connectivity index (χ1v) is 7.15. The number of esters is 1. The molecule has 0 fully saturated rings. The maximum atomic E-state index is 10.9. The zero-order chi connectivity index (χ0) is 11.9. The molecule has 0 radical (unpaired) electrons. The Labute approximate surface area is 103 Å². The third-order valence-corrected chi connectivity index (χ3v) is 2.38. The van der Waals surface area contributed by atoms with E-state index < -0.39 is 0 Å². The summed E-state index contributed by atoms with van der Waals surface area (Å²) in [5.74, 6) is -0.0528. The summed E-state index contributed by atoms with van der Waals surface area (Å²) in [6.07, 6.45) is 6.42. The first kappa shape index (κ1) is 17.3. The first-order chi connectivity index (χ1) is 7.31. The van der Waals surface area contributed by atoms with E-state index in [0.717, 1.165) is 18.2 Å². The molecule has 0 spiro atoms. The summed E-state index contributed by atoms with van der Waals surface area (Å²) in [6, 6.07) is 0. The quantitative estimate of drug-likeness (QED) is 0.376. The van der Waals surface area contributed by atoms with Crippen molar-refractivity contribution in [3.05, 3.63) is 0 Å². The molecular formula is C12H25BrO2. The zero-order valence-electron chi connectivity index (χ0n) is 10.4. The highest BCUT2D eigenvalue weighted by Gasteiger charge is 1.99. The van der Waals surface area contributed by atoms with Gasteiger partial charge in [0.1, 0.15) is 0 Å². The van der Waals surface area contributed by atoms with Gasteiger partial charge in [-0.15, -0.1) is 0 Å². The molecule has 0 N–H and O–H groups in total. The average molecular weight is 281 g/mol. The molecule has 15 heavy (non-hydrogen) atoms. The van der Waals surface area contributed by atoms with Crippen molar-refractivity contribution in [1.29, 1.82) is 0 Å². The van der Waals surface area contributed by atoms with Gasteiger partial charge < -0.3 is 4.74 Å². The van der Waals surface area contributed by atoms with Crippen LogP contribution in [0.1, 0.15) is 59.3 Å². The first-order valence-electron chi connectivity index (χ1n) is 6.02. The van der Waals surface area contributed by atoms with Crippen molar-refractivity contribution in [1.82, 2.24) is 0 Å². The van der Waals surface area contributed by atoms with E-state index in [9.17, 15) is 4.79 Å². The summed E-state index contributed by atoms with van der Waals surface area (Å²) in [5, 5.41) is 1.09. The molecule has 0 aromatic carbocycles. The lowest BCUT2D eigenvalue weighted by molar-refractivity contribution is -0.143. The topological polar surface area (TPSA) is 26.3 Å². The molecule has 0 aliphatic carbocycles. The van der Waals surface area contributed by atoms with Gasteiger partial charge in [0.05, 0.1) is 6.61 Å². The second-order valence-corrected chi connectivity index (χ2v) is 3.80. The maximum Gasteiger partial charge on any atom is 0.305 e. The van der Waals surface area contributed by atoms with Crippen LogP contribution < -0.4 is 0 Å². The second kappa shape index (κ2) is 16.4. The standard InChI is InChI=1S/C10H19BrO2.C2H6/c1-2-13-10(12)8-6-4-3-5-7-9-11;1-2/h2-9H2,1H3;1-2H3. The normalized spacial score (nSPS) is 9.07. The van der Waals surface area contributed by atoms with E-state index in [1.165, 1.54) is 19.3 Å². The van der Waals surface area contributed by atoms with E-state index in [1.807, 2.05) is 20.8 Å². The number of rotatable bonds is 8. The Morgan fingerprint density at radius 2 is 1.60 bits per heavy atom. The lowest BCUT2D eigenvalue weighted by Crippen LogP contribution is -2.03. The lowest BCUT2D eigenvalue weighted by atomic mass is 10.1. The molecule has 0 saturated heterocycles. The number of unbranched alkanes of at least 4 members (excludes halogenated alkanes) is 4. The molecule has 0 aliphatic rings. The molecule has 0 aromatic rings. The van der Waals surface area contributed by atoms with E-state index in [2.05, 4.69) is 15.9 Å². The van der Waals surface area contributed by atoms with Crippen LogP contribution in [0.4, 0.5) is 0 Å². The third-order valence-electron chi connectivity index (χ3n) is 1.82. The minimum absolute atomic E-state index is 0.0528. The van der Waals surface area contributed by atoms with Gasteiger partial charge in [-0.2, -0.15) is 0 Å². The SMILES string of the molecule is CC.CCOC(=O)CCCCCCCBr. The van der Waals surface area contributed by atoms with Crippen molar-refractivity contribution in [2.75, 3.05) is 11.9 Å². The van der Waals surface area contributed by atoms with Gasteiger partial charge in [-0.25, -0.2) is 0 Å². The lowest BCUT2D eigenvalue weighted by Gasteiger charge is -2.01. The molecule has 2 nitrogen and oxygen atoms in total. The largest absolute Gasteiger partial charge is 0.466 e. The molecule has 0 heterocycles. The Morgan fingerprint density at radius 3 is 2.13 bits per heavy atom. The zero-order valence-corrected chi connectivity index (χ0v) is 11.9. The van der Waals surface area contributed by atoms with E-state index in [-0.39, 0.29) is 5.97 Å². The van der Waals surface area contributed by atoms with Gasteiger partial charge in [0.2, 0.25) is 0 Å². The van der Waals surface area contributed by atoms with Crippen molar-refractivity contribution in [3.63, 3.8) is 0 Å². The van der Waals surface area contributed by atoms with Crippen LogP contribution in [0, 0.1) is 0 Å². The Bertz CT molecular complexity index is 127. The number of alkyl halides is 1. The van der Waals surface area contributed by atoms with E-state index in [1.54, 1.807) is 0 Å². The van der Waals surface area contributed by atoms with Crippen LogP contribution in [0.15, 0.2) is 0 Å². The molecule has 0 bridgehead atoms. The van der Waals surface area contributed by atoms with E-state index in [4.69, 9.17) is 4.74 Å². The Balaban J connectivity index is 0. The predicted molar refractivity (Wildman–Crippen MR) is 69.5 cm³/mol. The second-order valence-electron chi connectivity index (χ2n) is 3.01. The monoisotopic (exact) mass is 280 g/mol. The molecule has 0 aromatic heterocycles. The van der Waals surface area contributed by atoms with Crippen molar-refractivity contribution < 1.29 is 9.53 Å². The molecule has 0 aliphatic heterocycles. The van der Waals surface area contributed by atoms with Crippen LogP contribution >= 0.6 is 15.9 Å². The Kier molecular flexibility index (Phi) is 18.9. The van der Waals surface area contributed by atoms with Crippen LogP contribution in [-0.2, 0) is 9.53 Å². The number of hydrogen-bond acceptors (Lipinski definition) is 2. The van der Waals surface area contributed by atoms with Gasteiger partial charge in [-0.1, -0.05) is 49.0 Å². The summed E-state index contributed by atoms with van der Waals surface area (Å²) in [6.45, 7) is 6.34. The summed E-state index contributed by atoms with van der Waals surface area (Å²) in [4.78, 5) is 10.9. The third kappa shape index (κ3) is 16.6. The minimum Gasteiger partial charge on any atom is -0.466 e. The van der Waals surface area contributed by atoms with Gasteiger partial charge in [0, 0.05) is 11.8 Å². The minimum atomic E-state index is -0.0528. The summed E-state index contributed by atoms with van der Waals surface area (Å²) >= 11 is 3.39. The number of hydrogen-bond donors (Lipinski definition) is 0. The number of carbonyl (C=O) groups excluding carboxylic acids is 1. The predicted octanol–water partition coefficient (Wildman–Crippen LogP) is 4.31. The number of halogens is 1. The summed E-state index contributed by atoms with van der Waals surface area (Å²) in [5.41, 5.74) is 0. The number of ether oxygens (including phenoxy) is 1. The molecule has 0 atom stereocenters. The molecular weight excluding hydrogens is 256 g/mol. The summed E-state index contributed by atoms with van der Waals surface area (Å²) < 4.78 is 4.82. The molecule has 92 valence electrons. The van der Waals surface area contributed by atoms with Crippen LogP contribution in [0.3, 0.4) is 0 Å². The fourth-order valence-electron chi connectivity index (χ4n) is 1.13. The Morgan fingerprint density at radius 1 is 1.07 bits per heavy atom. The van der Waals surface area contributed by atoms with Gasteiger partial charge in [-0.05, 0) is 19.8 Å². The van der Waals surface area contributed by atoms with Crippen LogP contribution in [0.5, 0.6) is 0 Å². The van der Waals surface area contributed by atoms with Gasteiger partial charge in [0.25, 0.3) is 0 Å². The fraction of sp³-hybridized carbons (Fsp3) is 0.917. The molecule has 0 unspecified atom stereocenters. The Hall–Kier alpha value is -0.0500. The molecule has 0 amide bonds. The molecule has 0 rings (SSSR count). The van der Waals surface area contributed by atoms with E-state index >= 15 is 0 Å². The highest BCUT2D eigenvalue weighted by molar-refractivity contribution is 9.09. The van der Waals surface area contributed by atoms with Crippen molar-refractivity contribution in [2.45, 2.75) is 59.3 Å². The van der Waals surface area contributed by atoms with Crippen molar-refractivity contribution in [3.8, 4) is 0 Å². The smallest absolute Gasteiger partial charge is 0.305 e. The van der Waals surface area contributed by atoms with Crippen molar-refractivity contribution >= 4 is 21.9 Å². The van der Waals surface area contributed by atoms with Crippen molar-refractivity contribution in [2.24, 2.45) is 0 Å². The van der Waals surface area contributed by atoms with Gasteiger partial charge in [-0.3, -0.25) is 4.79 Å². The van der Waals surface area contributed by atoms with Crippen LogP contribution in [-0.4, -0.2) is 17.9 Å². The van der Waals surface area contributed by atoms with Gasteiger partial charge in [0.15, 0.2) is 0 Å². The highest BCUT2D eigenvalue weighted by Crippen LogP contribution is 2.06. The maximum absolute atomic E-state index is 10.9. The highest BCUT2D eigenvalue weighted by atomic mass is 79.9. The fourth-order valence-corrected chi connectivity index (χ4v) is 1.52. The van der Waals surface area contributed by atoms with Gasteiger partial charge >= 0.3 is 5.97 Å². The average Bonchev–Trinajstić information content (AvgIpc) is 2.26. The van der Waals surface area contributed by atoms with E-state index in [0.29, 0.717) is 13.0 Å².